The van der Waals surface area contributed by atoms with Gasteiger partial charge in [-0.2, -0.15) is 4.31 Å². The Kier molecular flexibility index (Phi) is 4.89. The van der Waals surface area contributed by atoms with Crippen LogP contribution in [0.4, 0.5) is 4.39 Å². The first-order valence-corrected chi connectivity index (χ1v) is 9.58. The molecule has 1 aromatic carbocycles. The van der Waals surface area contributed by atoms with E-state index in [0.717, 1.165) is 42.4 Å². The summed E-state index contributed by atoms with van der Waals surface area (Å²) in [5.41, 5.74) is 0. The van der Waals surface area contributed by atoms with Gasteiger partial charge in [0.2, 0.25) is 10.0 Å². The van der Waals surface area contributed by atoms with Gasteiger partial charge in [0, 0.05) is 12.6 Å². The van der Waals surface area contributed by atoms with Crippen molar-refractivity contribution in [3.63, 3.8) is 0 Å². The van der Waals surface area contributed by atoms with E-state index < -0.39 is 27.9 Å². The lowest BCUT2D eigenvalue weighted by atomic mass is 9.98. The third-order valence-electron chi connectivity index (χ3n) is 4.87. The highest BCUT2D eigenvalue weighted by Crippen LogP contribution is 2.29. The van der Waals surface area contributed by atoms with Crippen LogP contribution in [-0.2, 0) is 14.8 Å². The molecular weight excluding hydrogens is 335 g/mol. The molecule has 2 fully saturated rings. The van der Waals surface area contributed by atoms with Gasteiger partial charge in [0.1, 0.15) is 11.9 Å². The Morgan fingerprint density at radius 3 is 2.54 bits per heavy atom. The molecule has 2 aliphatic rings. The molecule has 0 amide bonds. The van der Waals surface area contributed by atoms with Crippen LogP contribution in [0.1, 0.15) is 25.7 Å². The number of carboxylic acid groups (broad SMARTS) is 1. The van der Waals surface area contributed by atoms with Gasteiger partial charge >= 0.3 is 5.97 Å². The molecule has 0 spiro atoms. The fourth-order valence-electron chi connectivity index (χ4n) is 3.64. The van der Waals surface area contributed by atoms with Crippen LogP contribution in [0.3, 0.4) is 0 Å². The van der Waals surface area contributed by atoms with E-state index >= 15 is 0 Å². The maximum absolute atomic E-state index is 13.4. The highest BCUT2D eigenvalue weighted by atomic mass is 32.2. The number of hydrogen-bond donors (Lipinski definition) is 1. The maximum Gasteiger partial charge on any atom is 0.322 e. The Labute approximate surface area is 140 Å². The van der Waals surface area contributed by atoms with E-state index in [1.807, 2.05) is 0 Å². The number of rotatable bonds is 4. The molecule has 0 aromatic heterocycles. The predicted octanol–water partition coefficient (Wildman–Crippen LogP) is 1.53. The van der Waals surface area contributed by atoms with Crippen LogP contribution >= 0.6 is 0 Å². The molecular formula is C16H21FN2O4S. The summed E-state index contributed by atoms with van der Waals surface area (Å²) in [6.45, 7) is 2.01. The highest BCUT2D eigenvalue weighted by Gasteiger charge is 2.42. The number of carbonyl (C=O) groups is 1. The van der Waals surface area contributed by atoms with Crippen LogP contribution in [0.5, 0.6) is 0 Å². The molecule has 2 heterocycles. The summed E-state index contributed by atoms with van der Waals surface area (Å²) in [6, 6.07) is 3.68. The second kappa shape index (κ2) is 6.78. The number of nitrogens with zero attached hydrogens (tertiary/aromatic N) is 2. The molecule has 2 unspecified atom stereocenters. The van der Waals surface area contributed by atoms with Gasteiger partial charge in [-0.25, -0.2) is 12.8 Å². The molecule has 0 radical (unpaired) electrons. The van der Waals surface area contributed by atoms with Crippen LogP contribution < -0.4 is 0 Å². The summed E-state index contributed by atoms with van der Waals surface area (Å²) in [4.78, 5) is 13.7. The van der Waals surface area contributed by atoms with Gasteiger partial charge < -0.3 is 10.0 Å². The molecule has 24 heavy (non-hydrogen) atoms. The van der Waals surface area contributed by atoms with Gasteiger partial charge in [0.25, 0.3) is 0 Å². The minimum absolute atomic E-state index is 0.0903. The minimum Gasteiger partial charge on any atom is -0.480 e. The van der Waals surface area contributed by atoms with Crippen molar-refractivity contribution in [2.75, 3.05) is 19.6 Å². The van der Waals surface area contributed by atoms with Gasteiger partial charge in [-0.1, -0.05) is 6.07 Å². The molecule has 132 valence electrons. The summed E-state index contributed by atoms with van der Waals surface area (Å²) in [6.07, 6.45) is 3.06. The van der Waals surface area contributed by atoms with Crippen LogP contribution in [-0.4, -0.2) is 60.4 Å². The van der Waals surface area contributed by atoms with Crippen molar-refractivity contribution in [1.29, 1.82) is 0 Å². The Morgan fingerprint density at radius 1 is 1.21 bits per heavy atom. The topological polar surface area (TPSA) is 77.9 Å². The summed E-state index contributed by atoms with van der Waals surface area (Å²) >= 11 is 0. The maximum atomic E-state index is 13.4. The Bertz CT molecular complexity index is 719. The normalized spacial score (nSPS) is 26.5. The molecule has 3 rings (SSSR count). The van der Waals surface area contributed by atoms with E-state index in [-0.39, 0.29) is 23.9 Å². The quantitative estimate of drug-likeness (QED) is 0.885. The van der Waals surface area contributed by atoms with Gasteiger partial charge in [0.15, 0.2) is 0 Å². The Hall–Kier alpha value is -1.51. The molecule has 2 saturated heterocycles. The average molecular weight is 356 g/mol. The lowest BCUT2D eigenvalue weighted by Gasteiger charge is -2.39. The average Bonchev–Trinajstić information content (AvgIpc) is 3.08. The van der Waals surface area contributed by atoms with E-state index in [9.17, 15) is 22.7 Å². The first kappa shape index (κ1) is 17.3. The Balaban J connectivity index is 1.85. The monoisotopic (exact) mass is 356 g/mol. The number of benzene rings is 1. The lowest BCUT2D eigenvalue weighted by molar-refractivity contribution is -0.143. The SMILES string of the molecule is O=C(O)C1CC(N2CCCC2)CCN1S(=O)(=O)c1cccc(F)c1. The van der Waals surface area contributed by atoms with Gasteiger partial charge in [-0.05, 0) is 57.0 Å². The van der Waals surface area contributed by atoms with E-state index in [4.69, 9.17) is 0 Å². The van der Waals surface area contributed by atoms with Crippen molar-refractivity contribution in [2.45, 2.75) is 42.7 Å². The van der Waals surface area contributed by atoms with Crippen LogP contribution in [0, 0.1) is 5.82 Å². The zero-order chi connectivity index (χ0) is 17.3. The van der Waals surface area contributed by atoms with Crippen molar-refractivity contribution in [1.82, 2.24) is 9.21 Å². The number of halogens is 1. The number of carboxylic acids is 1. The van der Waals surface area contributed by atoms with Crippen molar-refractivity contribution in [3.05, 3.63) is 30.1 Å². The molecule has 2 aliphatic heterocycles. The third kappa shape index (κ3) is 3.31. The summed E-state index contributed by atoms with van der Waals surface area (Å²) in [5, 5.41) is 9.54. The van der Waals surface area contributed by atoms with Crippen LogP contribution in [0.15, 0.2) is 29.2 Å². The molecule has 8 heteroatoms. The van der Waals surface area contributed by atoms with Crippen molar-refractivity contribution < 1.29 is 22.7 Å². The van der Waals surface area contributed by atoms with E-state index in [1.54, 1.807) is 0 Å². The summed E-state index contributed by atoms with van der Waals surface area (Å²) in [5.74, 6) is -1.81. The van der Waals surface area contributed by atoms with Gasteiger partial charge in [0.05, 0.1) is 4.90 Å². The van der Waals surface area contributed by atoms with Crippen LogP contribution in [0.2, 0.25) is 0 Å². The third-order valence-corrected chi connectivity index (χ3v) is 6.77. The largest absolute Gasteiger partial charge is 0.480 e. The first-order valence-electron chi connectivity index (χ1n) is 8.14. The summed E-state index contributed by atoms with van der Waals surface area (Å²) in [7, 11) is -4.03. The molecule has 2 atom stereocenters. The molecule has 1 aromatic rings. The number of likely N-dealkylation sites (tertiary alicyclic amines) is 1. The molecule has 6 nitrogen and oxygen atoms in total. The predicted molar refractivity (Wildman–Crippen MR) is 85.5 cm³/mol. The smallest absolute Gasteiger partial charge is 0.322 e. The molecule has 0 aliphatic carbocycles. The minimum atomic E-state index is -4.03. The number of sulfonamides is 1. The van der Waals surface area contributed by atoms with Crippen molar-refractivity contribution in [2.24, 2.45) is 0 Å². The standard InChI is InChI=1S/C16H21FN2O4S/c17-12-4-3-5-14(10-12)24(22,23)19-9-6-13(11-15(19)16(20)21)18-7-1-2-8-18/h3-5,10,13,15H,1-2,6-9,11H2,(H,20,21). The van der Waals surface area contributed by atoms with Crippen LogP contribution in [0.25, 0.3) is 0 Å². The second-order valence-corrected chi connectivity index (χ2v) is 8.24. The number of aliphatic carboxylic acids is 1. The highest BCUT2D eigenvalue weighted by molar-refractivity contribution is 7.89. The zero-order valence-corrected chi connectivity index (χ0v) is 14.1. The fourth-order valence-corrected chi connectivity index (χ4v) is 5.28. The molecule has 0 saturated carbocycles. The fraction of sp³-hybridized carbons (Fsp3) is 0.562. The van der Waals surface area contributed by atoms with E-state index in [0.29, 0.717) is 6.42 Å². The van der Waals surface area contributed by atoms with E-state index in [2.05, 4.69) is 4.90 Å². The first-order chi connectivity index (χ1) is 11.4. The second-order valence-electron chi connectivity index (χ2n) is 6.35. The lowest BCUT2D eigenvalue weighted by Crippen LogP contribution is -2.54. The number of hydrogen-bond acceptors (Lipinski definition) is 4. The summed E-state index contributed by atoms with van der Waals surface area (Å²) < 4.78 is 39.9. The molecule has 1 N–H and O–H groups in total. The molecule has 0 bridgehead atoms. The van der Waals surface area contributed by atoms with Crippen molar-refractivity contribution in [3.8, 4) is 0 Å². The Morgan fingerprint density at radius 2 is 1.92 bits per heavy atom. The van der Waals surface area contributed by atoms with Gasteiger partial charge in [-0.15, -0.1) is 0 Å². The van der Waals surface area contributed by atoms with Gasteiger partial charge in [-0.3, -0.25) is 4.79 Å². The van der Waals surface area contributed by atoms with E-state index in [1.165, 1.54) is 12.1 Å². The zero-order valence-electron chi connectivity index (χ0n) is 13.3. The van der Waals surface area contributed by atoms with Crippen molar-refractivity contribution >= 4 is 16.0 Å². The number of piperidine rings is 1.